The maximum atomic E-state index is 8.50. The molecule has 0 bridgehead atoms. The van der Waals surface area contributed by atoms with Crippen LogP contribution in [0.5, 0.6) is 0 Å². The average molecular weight is 246 g/mol. The van der Waals surface area contributed by atoms with Gasteiger partial charge in [0.05, 0.1) is 19.1 Å². The Morgan fingerprint density at radius 3 is 2.19 bits per heavy atom. The van der Waals surface area contributed by atoms with Crippen molar-refractivity contribution < 1.29 is 9.26 Å². The van der Waals surface area contributed by atoms with E-state index in [1.165, 1.54) is 0 Å². The summed E-state index contributed by atoms with van der Waals surface area (Å²) < 4.78 is 13.3. The maximum absolute atomic E-state index is 8.50. The number of hydrogen-bond acceptors (Lipinski definition) is 4. The molecule has 0 saturated heterocycles. The molecule has 94 valence electrons. The van der Waals surface area contributed by atoms with Gasteiger partial charge in [0.1, 0.15) is 14.6 Å². The third kappa shape index (κ3) is 5.77. The highest BCUT2D eigenvalue weighted by atomic mass is 31.2. The van der Waals surface area contributed by atoms with Crippen LogP contribution in [0.15, 0.2) is 0 Å². The van der Waals surface area contributed by atoms with Gasteiger partial charge in [-0.3, -0.25) is 4.67 Å². The van der Waals surface area contributed by atoms with Crippen molar-refractivity contribution in [3.63, 3.8) is 0 Å². The van der Waals surface area contributed by atoms with E-state index in [4.69, 9.17) is 14.5 Å². The molecule has 5 heteroatoms. The molecule has 1 unspecified atom stereocenters. The molecule has 0 aliphatic carbocycles. The van der Waals surface area contributed by atoms with E-state index >= 15 is 0 Å². The van der Waals surface area contributed by atoms with Crippen LogP contribution >= 0.6 is 8.30 Å². The standard InChI is InChI=1S/C11H23N2O2P/c1-10(2)13(11(3)4)16(9-14-5)15-8-6-7-12/h10-11H,6,8-9H2,1-5H3. The summed E-state index contributed by atoms with van der Waals surface area (Å²) in [6, 6.07) is 2.93. The molecule has 0 aromatic rings. The minimum absolute atomic E-state index is 0.420. The Balaban J connectivity index is 4.39. The van der Waals surface area contributed by atoms with Crippen molar-refractivity contribution in [1.29, 1.82) is 5.26 Å². The largest absolute Gasteiger partial charge is 0.376 e. The van der Waals surface area contributed by atoms with Crippen LogP contribution in [0.4, 0.5) is 0 Å². The van der Waals surface area contributed by atoms with Crippen LogP contribution in [-0.4, -0.2) is 36.8 Å². The summed E-state index contributed by atoms with van der Waals surface area (Å²) in [6.45, 7) is 9.09. The zero-order valence-electron chi connectivity index (χ0n) is 10.9. The minimum Gasteiger partial charge on any atom is -0.376 e. The van der Waals surface area contributed by atoms with E-state index in [0.717, 1.165) is 0 Å². The third-order valence-electron chi connectivity index (χ3n) is 2.01. The van der Waals surface area contributed by atoms with Gasteiger partial charge in [0, 0.05) is 19.2 Å². The number of ether oxygens (including phenoxy) is 1. The summed E-state index contributed by atoms with van der Waals surface area (Å²) in [6.07, 6.45) is 1.03. The molecule has 0 spiro atoms. The fourth-order valence-electron chi connectivity index (χ4n) is 1.59. The number of rotatable bonds is 8. The lowest BCUT2D eigenvalue weighted by Gasteiger charge is -2.36. The number of nitriles is 1. The molecule has 0 aliphatic rings. The molecular weight excluding hydrogens is 223 g/mol. The van der Waals surface area contributed by atoms with E-state index in [9.17, 15) is 0 Å². The van der Waals surface area contributed by atoms with Crippen molar-refractivity contribution in [2.24, 2.45) is 0 Å². The molecule has 0 aromatic carbocycles. The highest BCUT2D eigenvalue weighted by molar-refractivity contribution is 7.49. The molecule has 4 nitrogen and oxygen atoms in total. The van der Waals surface area contributed by atoms with Crippen molar-refractivity contribution in [3.8, 4) is 6.07 Å². The Morgan fingerprint density at radius 2 is 1.81 bits per heavy atom. The first-order valence-electron chi connectivity index (χ1n) is 5.59. The molecule has 0 saturated carbocycles. The number of nitrogens with zero attached hydrogens (tertiary/aromatic N) is 2. The molecule has 0 aromatic heterocycles. The van der Waals surface area contributed by atoms with E-state index in [-0.39, 0.29) is 0 Å². The average Bonchev–Trinajstić information content (AvgIpc) is 2.17. The van der Waals surface area contributed by atoms with E-state index < -0.39 is 8.30 Å². The Morgan fingerprint density at radius 1 is 1.25 bits per heavy atom. The topological polar surface area (TPSA) is 45.5 Å². The molecule has 0 radical (unpaired) electrons. The highest BCUT2D eigenvalue weighted by Gasteiger charge is 2.24. The highest BCUT2D eigenvalue weighted by Crippen LogP contribution is 2.44. The first-order valence-corrected chi connectivity index (χ1v) is 6.98. The van der Waals surface area contributed by atoms with Crippen molar-refractivity contribution in [1.82, 2.24) is 4.67 Å². The lowest BCUT2D eigenvalue weighted by Crippen LogP contribution is -2.34. The summed E-state index contributed by atoms with van der Waals surface area (Å²) in [5.74, 6) is 0. The first kappa shape index (κ1) is 15.8. The second-order valence-electron chi connectivity index (χ2n) is 4.08. The van der Waals surface area contributed by atoms with Gasteiger partial charge in [-0.2, -0.15) is 5.26 Å². The number of methoxy groups -OCH3 is 1. The molecule has 0 aliphatic heterocycles. The Bertz CT molecular complexity index is 209. The van der Waals surface area contributed by atoms with Crippen LogP contribution in [0.2, 0.25) is 0 Å². The molecule has 0 amide bonds. The van der Waals surface area contributed by atoms with Gasteiger partial charge < -0.3 is 9.26 Å². The summed E-state index contributed by atoms with van der Waals surface area (Å²) in [5.41, 5.74) is 0. The van der Waals surface area contributed by atoms with Gasteiger partial charge in [-0.15, -0.1) is 0 Å². The SMILES string of the molecule is COCP(OCCC#N)N(C(C)C)C(C)C. The predicted octanol–water partition coefficient (Wildman–Crippen LogP) is 2.95. The van der Waals surface area contributed by atoms with Gasteiger partial charge in [0.15, 0.2) is 0 Å². The van der Waals surface area contributed by atoms with Crippen LogP contribution < -0.4 is 0 Å². The van der Waals surface area contributed by atoms with E-state index in [1.54, 1.807) is 7.11 Å². The van der Waals surface area contributed by atoms with E-state index in [0.29, 0.717) is 31.5 Å². The molecule has 16 heavy (non-hydrogen) atoms. The van der Waals surface area contributed by atoms with Gasteiger partial charge in [-0.05, 0) is 27.7 Å². The Labute approximate surface area is 100 Å². The smallest absolute Gasteiger partial charge is 0.131 e. The predicted molar refractivity (Wildman–Crippen MR) is 67.1 cm³/mol. The Kier molecular flexibility index (Phi) is 8.78. The first-order chi connectivity index (χ1) is 7.54. The normalized spacial score (nSPS) is 13.4. The molecule has 0 fully saturated rings. The third-order valence-corrected chi connectivity index (χ3v) is 4.41. The summed E-state index contributed by atoms with van der Waals surface area (Å²) in [5, 5.41) is 8.50. The monoisotopic (exact) mass is 246 g/mol. The molecule has 0 heterocycles. The molecule has 0 N–H and O–H groups in total. The van der Waals surface area contributed by atoms with Gasteiger partial charge in [-0.25, -0.2) is 0 Å². The second-order valence-corrected chi connectivity index (χ2v) is 5.76. The lowest BCUT2D eigenvalue weighted by atomic mass is 10.3. The minimum atomic E-state index is -0.755. The van der Waals surface area contributed by atoms with Gasteiger partial charge in [-0.1, -0.05) is 0 Å². The molecular formula is C11H23N2O2P. The lowest BCUT2D eigenvalue weighted by molar-refractivity contribution is 0.201. The van der Waals surface area contributed by atoms with Crippen molar-refractivity contribution in [3.05, 3.63) is 0 Å². The van der Waals surface area contributed by atoms with Crippen LogP contribution in [0.25, 0.3) is 0 Å². The fraction of sp³-hybridized carbons (Fsp3) is 0.909. The van der Waals surface area contributed by atoms with Gasteiger partial charge >= 0.3 is 0 Å². The Hall–Kier alpha value is -0.200. The molecule has 1 atom stereocenters. The van der Waals surface area contributed by atoms with Crippen molar-refractivity contribution >= 4 is 8.30 Å². The fourth-order valence-corrected chi connectivity index (χ4v) is 3.48. The number of hydrogen-bond donors (Lipinski definition) is 0. The van der Waals surface area contributed by atoms with E-state index in [2.05, 4.69) is 38.4 Å². The van der Waals surface area contributed by atoms with Crippen LogP contribution in [0.1, 0.15) is 34.1 Å². The summed E-state index contributed by atoms with van der Waals surface area (Å²) in [7, 11) is 0.928. The summed E-state index contributed by atoms with van der Waals surface area (Å²) >= 11 is 0. The van der Waals surface area contributed by atoms with Gasteiger partial charge in [0.2, 0.25) is 0 Å². The van der Waals surface area contributed by atoms with Crippen LogP contribution in [0, 0.1) is 11.3 Å². The molecule has 0 rings (SSSR count). The maximum Gasteiger partial charge on any atom is 0.131 e. The van der Waals surface area contributed by atoms with Crippen molar-refractivity contribution in [2.45, 2.75) is 46.2 Å². The van der Waals surface area contributed by atoms with Crippen LogP contribution in [-0.2, 0) is 9.26 Å². The quantitative estimate of drug-likeness (QED) is 0.488. The summed E-state index contributed by atoms with van der Waals surface area (Å²) in [4.78, 5) is 0. The zero-order chi connectivity index (χ0) is 12.6. The van der Waals surface area contributed by atoms with E-state index in [1.807, 2.05) is 0 Å². The van der Waals surface area contributed by atoms with Crippen molar-refractivity contribution in [2.75, 3.05) is 20.1 Å². The second kappa shape index (κ2) is 8.90. The van der Waals surface area contributed by atoms with Crippen LogP contribution in [0.3, 0.4) is 0 Å². The zero-order valence-corrected chi connectivity index (χ0v) is 11.8. The van der Waals surface area contributed by atoms with Gasteiger partial charge in [0.25, 0.3) is 0 Å².